The van der Waals surface area contributed by atoms with Crippen LogP contribution in [0.15, 0.2) is 59.9 Å². The first-order valence-electron chi connectivity index (χ1n) is 11.5. The first-order valence-corrected chi connectivity index (χ1v) is 11.5. The van der Waals surface area contributed by atoms with E-state index in [1.165, 1.54) is 34.9 Å². The number of nitrogens with zero attached hydrogens (tertiary/aromatic N) is 6. The molecule has 0 saturated heterocycles. The van der Waals surface area contributed by atoms with Gasteiger partial charge in [-0.05, 0) is 37.5 Å². The lowest BCUT2D eigenvalue weighted by atomic mass is 10.00. The van der Waals surface area contributed by atoms with E-state index in [2.05, 4.69) is 20.3 Å². The summed E-state index contributed by atoms with van der Waals surface area (Å²) in [6.45, 7) is 1.91. The Labute approximate surface area is 201 Å². The molecule has 10 nitrogen and oxygen atoms in total. The van der Waals surface area contributed by atoms with Crippen LogP contribution in [0.4, 0.5) is 5.69 Å². The highest BCUT2D eigenvalue weighted by Gasteiger charge is 2.27. The number of methoxy groups -OCH3 is 1. The van der Waals surface area contributed by atoms with Crippen molar-refractivity contribution in [1.29, 1.82) is 0 Å². The monoisotopic (exact) mass is 471 g/mol. The van der Waals surface area contributed by atoms with E-state index in [1.807, 2.05) is 19.1 Å². The van der Waals surface area contributed by atoms with Crippen LogP contribution in [0.1, 0.15) is 31.9 Å². The second-order valence-electron chi connectivity index (χ2n) is 8.46. The molecule has 1 unspecified atom stereocenters. The molecule has 0 saturated carbocycles. The normalized spacial score (nSPS) is 15.9. The molecular formula is C25H25N7O3. The zero-order chi connectivity index (χ0) is 24.4. The summed E-state index contributed by atoms with van der Waals surface area (Å²) in [7, 11) is 1.53. The van der Waals surface area contributed by atoms with Gasteiger partial charge in [0.15, 0.2) is 11.6 Å². The van der Waals surface area contributed by atoms with Crippen molar-refractivity contribution in [3.63, 3.8) is 0 Å². The molecule has 1 amide bonds. The molecule has 0 aliphatic carbocycles. The molecule has 4 aromatic heterocycles. The summed E-state index contributed by atoms with van der Waals surface area (Å²) < 4.78 is 8.19. The molecule has 0 fully saturated rings. The first kappa shape index (κ1) is 22.5. The largest absolute Gasteiger partial charge is 0.481 e. The molecule has 2 bridgehead atoms. The maximum atomic E-state index is 13.2. The lowest BCUT2D eigenvalue weighted by Crippen LogP contribution is -2.25. The van der Waals surface area contributed by atoms with Gasteiger partial charge in [-0.15, -0.1) is 0 Å². The highest BCUT2D eigenvalue weighted by Crippen LogP contribution is 2.35. The maximum Gasteiger partial charge on any atom is 0.259 e. The maximum absolute atomic E-state index is 13.2. The Morgan fingerprint density at radius 1 is 1.11 bits per heavy atom. The Morgan fingerprint density at radius 2 is 2.00 bits per heavy atom. The minimum Gasteiger partial charge on any atom is -0.481 e. The minimum absolute atomic E-state index is 0.141. The zero-order valence-corrected chi connectivity index (χ0v) is 19.5. The fourth-order valence-corrected chi connectivity index (χ4v) is 4.15. The third-order valence-corrected chi connectivity index (χ3v) is 6.05. The second-order valence-corrected chi connectivity index (χ2v) is 8.46. The van der Waals surface area contributed by atoms with Crippen LogP contribution in [-0.2, 0) is 11.2 Å². The number of hydrogen-bond donors (Lipinski definition) is 1. The van der Waals surface area contributed by atoms with E-state index in [0.29, 0.717) is 28.9 Å². The molecule has 1 aliphatic heterocycles. The molecule has 178 valence electrons. The SMILES string of the molecule is COc1cccc(-n2nc3c(c2-n2cnccc2=O)NC(=O)C(C)CCCCc2cc-3ccn2)n1. The number of rotatable bonds is 3. The van der Waals surface area contributed by atoms with Crippen molar-refractivity contribution < 1.29 is 9.53 Å². The molecule has 35 heavy (non-hydrogen) atoms. The lowest BCUT2D eigenvalue weighted by Gasteiger charge is -2.16. The molecule has 0 aromatic carbocycles. The van der Waals surface area contributed by atoms with Gasteiger partial charge in [0.25, 0.3) is 5.56 Å². The summed E-state index contributed by atoms with van der Waals surface area (Å²) in [6.07, 6.45) is 7.98. The number of anilines is 1. The van der Waals surface area contributed by atoms with Crippen LogP contribution in [0.25, 0.3) is 22.9 Å². The Morgan fingerprint density at radius 3 is 2.83 bits per heavy atom. The summed E-state index contributed by atoms with van der Waals surface area (Å²) in [6, 6.07) is 10.4. The number of carbonyl (C=O) groups excluding carboxylic acids is 1. The predicted octanol–water partition coefficient (Wildman–Crippen LogP) is 3.18. The number of amides is 1. The van der Waals surface area contributed by atoms with Crippen LogP contribution in [0.2, 0.25) is 0 Å². The molecule has 10 heteroatoms. The van der Waals surface area contributed by atoms with Crippen molar-refractivity contribution in [2.75, 3.05) is 12.4 Å². The third kappa shape index (κ3) is 4.42. The van der Waals surface area contributed by atoms with Gasteiger partial charge in [-0.3, -0.25) is 14.6 Å². The van der Waals surface area contributed by atoms with Gasteiger partial charge in [0.1, 0.15) is 17.7 Å². The molecule has 5 heterocycles. The van der Waals surface area contributed by atoms with E-state index in [1.54, 1.807) is 24.4 Å². The number of ether oxygens (including phenoxy) is 1. The molecule has 1 N–H and O–H groups in total. The van der Waals surface area contributed by atoms with Crippen LogP contribution in [-0.4, -0.2) is 42.3 Å². The van der Waals surface area contributed by atoms with Crippen molar-refractivity contribution in [3.05, 3.63) is 71.2 Å². The highest BCUT2D eigenvalue weighted by atomic mass is 16.5. The molecule has 0 spiro atoms. The minimum atomic E-state index is -0.323. The Balaban J connectivity index is 1.83. The summed E-state index contributed by atoms with van der Waals surface area (Å²) in [4.78, 5) is 39.3. The summed E-state index contributed by atoms with van der Waals surface area (Å²) in [5.41, 5.74) is 2.31. The number of aryl methyl sites for hydroxylation is 1. The summed E-state index contributed by atoms with van der Waals surface area (Å²) in [5.74, 6) is 0.779. The van der Waals surface area contributed by atoms with Gasteiger partial charge in [0.2, 0.25) is 11.8 Å². The fourth-order valence-electron chi connectivity index (χ4n) is 4.15. The van der Waals surface area contributed by atoms with E-state index in [-0.39, 0.29) is 17.4 Å². The van der Waals surface area contributed by atoms with Crippen LogP contribution in [0.5, 0.6) is 5.88 Å². The van der Waals surface area contributed by atoms with Gasteiger partial charge < -0.3 is 10.1 Å². The molecular weight excluding hydrogens is 446 g/mol. The fraction of sp³-hybridized carbons (Fsp3) is 0.280. The van der Waals surface area contributed by atoms with Crippen molar-refractivity contribution in [1.82, 2.24) is 29.3 Å². The van der Waals surface area contributed by atoms with Crippen LogP contribution in [0.3, 0.4) is 0 Å². The van der Waals surface area contributed by atoms with Gasteiger partial charge in [-0.1, -0.05) is 19.4 Å². The number of fused-ring (bicyclic) bond motifs is 4. The topological polar surface area (TPSA) is 117 Å². The smallest absolute Gasteiger partial charge is 0.259 e. The van der Waals surface area contributed by atoms with Crippen molar-refractivity contribution in [2.24, 2.45) is 5.92 Å². The summed E-state index contributed by atoms with van der Waals surface area (Å²) >= 11 is 0. The van der Waals surface area contributed by atoms with Crippen LogP contribution < -0.4 is 15.6 Å². The van der Waals surface area contributed by atoms with Crippen molar-refractivity contribution >= 4 is 11.6 Å². The van der Waals surface area contributed by atoms with Gasteiger partial charge >= 0.3 is 0 Å². The van der Waals surface area contributed by atoms with Crippen molar-refractivity contribution in [2.45, 2.75) is 32.6 Å². The summed E-state index contributed by atoms with van der Waals surface area (Å²) in [5, 5.41) is 7.90. The average molecular weight is 472 g/mol. The molecule has 1 atom stereocenters. The number of carbonyl (C=O) groups is 1. The van der Waals surface area contributed by atoms with Crippen LogP contribution in [0, 0.1) is 5.92 Å². The Bertz CT molecular complexity index is 1440. The van der Waals surface area contributed by atoms with E-state index in [0.717, 1.165) is 36.9 Å². The molecule has 4 aromatic rings. The van der Waals surface area contributed by atoms with Crippen LogP contribution >= 0.6 is 0 Å². The Hall–Kier alpha value is -4.34. The number of nitrogens with one attached hydrogen (secondary N) is 1. The van der Waals surface area contributed by atoms with Gasteiger partial charge in [-0.2, -0.15) is 14.8 Å². The van der Waals surface area contributed by atoms with E-state index in [4.69, 9.17) is 9.84 Å². The van der Waals surface area contributed by atoms with Gasteiger partial charge in [-0.25, -0.2) is 9.55 Å². The number of aromatic nitrogens is 6. The molecule has 5 rings (SSSR count). The predicted molar refractivity (Wildman–Crippen MR) is 130 cm³/mol. The van der Waals surface area contributed by atoms with Gasteiger partial charge in [0.05, 0.1) is 7.11 Å². The molecule has 1 aliphatic rings. The van der Waals surface area contributed by atoms with E-state index < -0.39 is 0 Å². The lowest BCUT2D eigenvalue weighted by molar-refractivity contribution is -0.119. The number of hydrogen-bond acceptors (Lipinski definition) is 7. The molecule has 0 radical (unpaired) electrons. The highest BCUT2D eigenvalue weighted by molar-refractivity contribution is 5.98. The number of pyridine rings is 2. The van der Waals surface area contributed by atoms with Gasteiger partial charge in [0, 0.05) is 41.7 Å². The standard InChI is InChI=1S/C25H25N7O3/c1-16-6-3-4-7-18-14-17(10-13-27-18)22-23(29-24(16)34)25(31-15-26-12-11-21(31)33)32(30-22)19-8-5-9-20(28-19)35-2/h5,8-16H,3-4,6-7H2,1-2H3,(H,29,34). The van der Waals surface area contributed by atoms with E-state index in [9.17, 15) is 9.59 Å². The second kappa shape index (κ2) is 9.49. The quantitative estimate of drug-likeness (QED) is 0.488. The third-order valence-electron chi connectivity index (χ3n) is 6.05. The average Bonchev–Trinajstić information content (AvgIpc) is 3.25. The zero-order valence-electron chi connectivity index (χ0n) is 19.5. The Kier molecular flexibility index (Phi) is 6.09. The first-order chi connectivity index (χ1) is 17.0. The van der Waals surface area contributed by atoms with Crippen molar-refractivity contribution in [3.8, 4) is 28.8 Å². The van der Waals surface area contributed by atoms with E-state index >= 15 is 0 Å².